The summed E-state index contributed by atoms with van der Waals surface area (Å²) in [5.74, 6) is 5.73. The van der Waals surface area contributed by atoms with Crippen LogP contribution in [-0.4, -0.2) is 17.8 Å². The molecule has 0 radical (unpaired) electrons. The molecule has 0 spiro atoms. The van der Waals surface area contributed by atoms with E-state index >= 15 is 0 Å². The fourth-order valence-corrected chi connectivity index (χ4v) is 1.71. The van der Waals surface area contributed by atoms with Crippen molar-refractivity contribution in [2.45, 2.75) is 19.6 Å². The number of aryl methyl sites for hydroxylation is 1. The van der Waals surface area contributed by atoms with E-state index in [-0.39, 0.29) is 6.61 Å². The van der Waals surface area contributed by atoms with Crippen LogP contribution in [0.2, 0.25) is 0 Å². The molecule has 2 aromatic rings. The summed E-state index contributed by atoms with van der Waals surface area (Å²) >= 11 is 0. The molecule has 2 nitrogen and oxygen atoms in total. The summed E-state index contributed by atoms with van der Waals surface area (Å²) in [6.45, 7) is 2.74. The van der Waals surface area contributed by atoms with Gasteiger partial charge in [-0.2, -0.15) is 0 Å². The van der Waals surface area contributed by atoms with Gasteiger partial charge in [-0.25, -0.2) is 0 Å². The van der Waals surface area contributed by atoms with Crippen LogP contribution >= 0.6 is 0 Å². The lowest BCUT2D eigenvalue weighted by Crippen LogP contribution is -2.12. The molecule has 0 amide bonds. The number of ether oxygens (including phenoxy) is 1. The van der Waals surface area contributed by atoms with Gasteiger partial charge >= 0.3 is 0 Å². The number of hydrogen-bond acceptors (Lipinski definition) is 2. The van der Waals surface area contributed by atoms with Gasteiger partial charge in [-0.1, -0.05) is 59.9 Å². The Morgan fingerprint density at radius 2 is 1.75 bits per heavy atom. The Balaban J connectivity index is 1.78. The van der Waals surface area contributed by atoms with Crippen LogP contribution in [0.5, 0.6) is 0 Å². The molecular formula is C18H18O2. The minimum atomic E-state index is -0.764. The molecule has 102 valence electrons. The molecule has 0 aromatic heterocycles. The molecule has 0 aliphatic heterocycles. The predicted molar refractivity (Wildman–Crippen MR) is 80.2 cm³/mol. The van der Waals surface area contributed by atoms with Gasteiger partial charge in [0.25, 0.3) is 0 Å². The zero-order chi connectivity index (χ0) is 14.2. The molecule has 0 heterocycles. The van der Waals surface area contributed by atoms with Gasteiger partial charge in [0.15, 0.2) is 0 Å². The Bertz CT molecular complexity index is 576. The van der Waals surface area contributed by atoms with Crippen molar-refractivity contribution in [2.75, 3.05) is 6.61 Å². The summed E-state index contributed by atoms with van der Waals surface area (Å²) in [4.78, 5) is 0. The highest BCUT2D eigenvalue weighted by Crippen LogP contribution is 2.02. The second kappa shape index (κ2) is 7.49. The Hall–Kier alpha value is -2.08. The first kappa shape index (κ1) is 14.3. The van der Waals surface area contributed by atoms with E-state index in [1.807, 2.05) is 61.5 Å². The Labute approximate surface area is 120 Å². The molecule has 2 rings (SSSR count). The minimum absolute atomic E-state index is 0.216. The van der Waals surface area contributed by atoms with Crippen molar-refractivity contribution in [3.05, 3.63) is 71.3 Å². The van der Waals surface area contributed by atoms with Crippen molar-refractivity contribution < 1.29 is 9.84 Å². The third-order valence-corrected chi connectivity index (χ3v) is 2.82. The second-order valence-corrected chi connectivity index (χ2v) is 4.65. The maximum absolute atomic E-state index is 9.74. The summed E-state index contributed by atoms with van der Waals surface area (Å²) in [7, 11) is 0. The summed E-state index contributed by atoms with van der Waals surface area (Å²) < 4.78 is 5.44. The fourth-order valence-electron chi connectivity index (χ4n) is 1.71. The lowest BCUT2D eigenvalue weighted by molar-refractivity contribution is 0.0544. The number of aliphatic hydroxyl groups is 1. The van der Waals surface area contributed by atoms with Crippen molar-refractivity contribution in [2.24, 2.45) is 0 Å². The third kappa shape index (κ3) is 4.89. The Morgan fingerprint density at radius 3 is 2.45 bits per heavy atom. The molecule has 20 heavy (non-hydrogen) atoms. The van der Waals surface area contributed by atoms with Gasteiger partial charge in [-0.05, 0) is 24.6 Å². The highest BCUT2D eigenvalue weighted by molar-refractivity contribution is 5.36. The van der Waals surface area contributed by atoms with Gasteiger partial charge in [-0.15, -0.1) is 0 Å². The van der Waals surface area contributed by atoms with E-state index in [4.69, 9.17) is 4.74 Å². The number of aliphatic hydroxyl groups excluding tert-OH is 1. The van der Waals surface area contributed by atoms with Crippen LogP contribution in [0, 0.1) is 18.8 Å². The number of hydrogen-bond donors (Lipinski definition) is 1. The van der Waals surface area contributed by atoms with Gasteiger partial charge < -0.3 is 9.84 Å². The molecule has 0 unspecified atom stereocenters. The average molecular weight is 266 g/mol. The van der Waals surface area contributed by atoms with Crippen LogP contribution in [0.25, 0.3) is 0 Å². The van der Waals surface area contributed by atoms with Crippen LogP contribution in [0.1, 0.15) is 16.7 Å². The van der Waals surface area contributed by atoms with E-state index in [2.05, 4.69) is 11.8 Å². The van der Waals surface area contributed by atoms with Gasteiger partial charge in [0.2, 0.25) is 0 Å². The van der Waals surface area contributed by atoms with Crippen molar-refractivity contribution in [1.82, 2.24) is 0 Å². The molecule has 0 fully saturated rings. The first-order chi connectivity index (χ1) is 9.74. The van der Waals surface area contributed by atoms with E-state index < -0.39 is 6.10 Å². The third-order valence-electron chi connectivity index (χ3n) is 2.82. The van der Waals surface area contributed by atoms with Gasteiger partial charge in [0.1, 0.15) is 6.10 Å². The van der Waals surface area contributed by atoms with Crippen molar-refractivity contribution >= 4 is 0 Å². The van der Waals surface area contributed by atoms with E-state index in [0.29, 0.717) is 6.61 Å². The van der Waals surface area contributed by atoms with Crippen LogP contribution in [-0.2, 0) is 11.3 Å². The second-order valence-electron chi connectivity index (χ2n) is 4.65. The van der Waals surface area contributed by atoms with Crippen molar-refractivity contribution in [3.8, 4) is 11.8 Å². The summed E-state index contributed by atoms with van der Waals surface area (Å²) in [5.41, 5.74) is 3.19. The van der Waals surface area contributed by atoms with Crippen LogP contribution in [0.15, 0.2) is 54.6 Å². The van der Waals surface area contributed by atoms with E-state index in [1.165, 1.54) is 5.56 Å². The van der Waals surface area contributed by atoms with E-state index in [1.54, 1.807) is 0 Å². The zero-order valence-corrected chi connectivity index (χ0v) is 11.5. The average Bonchev–Trinajstić information content (AvgIpc) is 2.48. The lowest BCUT2D eigenvalue weighted by Gasteiger charge is -2.05. The number of benzene rings is 2. The molecular weight excluding hydrogens is 248 g/mol. The highest BCUT2D eigenvalue weighted by Gasteiger charge is 1.99. The quantitative estimate of drug-likeness (QED) is 0.862. The van der Waals surface area contributed by atoms with Crippen LogP contribution in [0.4, 0.5) is 0 Å². The zero-order valence-electron chi connectivity index (χ0n) is 11.5. The molecule has 0 saturated heterocycles. The molecule has 2 aromatic carbocycles. The molecule has 0 aliphatic carbocycles. The van der Waals surface area contributed by atoms with Crippen LogP contribution < -0.4 is 0 Å². The molecule has 1 N–H and O–H groups in total. The standard InChI is InChI=1S/C18H18O2/c1-15-7-9-16(10-8-15)11-12-18(19)14-20-13-17-5-3-2-4-6-17/h2-10,18-19H,13-14H2,1H3/t18-/m1/s1. The molecule has 0 saturated carbocycles. The van der Waals surface area contributed by atoms with Gasteiger partial charge in [0.05, 0.1) is 13.2 Å². The first-order valence-corrected chi connectivity index (χ1v) is 6.62. The predicted octanol–water partition coefficient (Wildman–Crippen LogP) is 2.92. The van der Waals surface area contributed by atoms with E-state index in [9.17, 15) is 5.11 Å². The van der Waals surface area contributed by atoms with E-state index in [0.717, 1.165) is 11.1 Å². The maximum Gasteiger partial charge on any atom is 0.138 e. The molecule has 1 atom stereocenters. The maximum atomic E-state index is 9.74. The Morgan fingerprint density at radius 1 is 1.05 bits per heavy atom. The van der Waals surface area contributed by atoms with Crippen molar-refractivity contribution in [3.63, 3.8) is 0 Å². The molecule has 2 heteroatoms. The minimum Gasteiger partial charge on any atom is -0.378 e. The summed E-state index contributed by atoms with van der Waals surface area (Å²) in [6, 6.07) is 17.8. The normalized spacial score (nSPS) is 11.5. The van der Waals surface area contributed by atoms with Gasteiger partial charge in [0, 0.05) is 5.56 Å². The molecule has 0 aliphatic rings. The molecule has 0 bridgehead atoms. The fraction of sp³-hybridized carbons (Fsp3) is 0.222. The number of rotatable bonds is 4. The van der Waals surface area contributed by atoms with Crippen molar-refractivity contribution in [1.29, 1.82) is 0 Å². The SMILES string of the molecule is Cc1ccc(C#C[C@@H](O)COCc2ccccc2)cc1. The smallest absolute Gasteiger partial charge is 0.138 e. The first-order valence-electron chi connectivity index (χ1n) is 6.62. The highest BCUT2D eigenvalue weighted by atomic mass is 16.5. The lowest BCUT2D eigenvalue weighted by atomic mass is 10.1. The van der Waals surface area contributed by atoms with Crippen LogP contribution in [0.3, 0.4) is 0 Å². The largest absolute Gasteiger partial charge is 0.378 e. The topological polar surface area (TPSA) is 29.5 Å². The summed E-state index contributed by atoms with van der Waals surface area (Å²) in [5, 5.41) is 9.74. The van der Waals surface area contributed by atoms with Gasteiger partial charge in [-0.3, -0.25) is 0 Å². The monoisotopic (exact) mass is 266 g/mol. The Kier molecular flexibility index (Phi) is 5.37. The summed E-state index contributed by atoms with van der Waals surface area (Å²) in [6.07, 6.45) is -0.764.